The highest BCUT2D eigenvalue weighted by atomic mass is 32.1. The zero-order valence-corrected chi connectivity index (χ0v) is 13.5. The van der Waals surface area contributed by atoms with Crippen molar-refractivity contribution in [1.82, 2.24) is 5.32 Å². The van der Waals surface area contributed by atoms with Gasteiger partial charge < -0.3 is 10.1 Å². The van der Waals surface area contributed by atoms with E-state index >= 15 is 0 Å². The molecule has 3 rings (SSSR count). The molecule has 1 fully saturated rings. The van der Waals surface area contributed by atoms with Crippen LogP contribution in [0.3, 0.4) is 0 Å². The molecule has 114 valence electrons. The molecule has 1 N–H and O–H groups in total. The lowest BCUT2D eigenvalue weighted by molar-refractivity contribution is 0.0273. The maximum Gasteiger partial charge on any atom is 0.0575 e. The Morgan fingerprint density at radius 3 is 2.90 bits per heavy atom. The molecule has 1 aromatic heterocycles. The Hall–Kier alpha value is -0.900. The number of hydrogen-bond donors (Lipinski definition) is 1. The average molecular weight is 303 g/mol. The van der Waals surface area contributed by atoms with Crippen LogP contribution in [0.2, 0.25) is 0 Å². The van der Waals surface area contributed by atoms with Gasteiger partial charge in [0.2, 0.25) is 0 Å². The molecule has 1 heterocycles. The molecule has 1 aromatic carbocycles. The molecule has 21 heavy (non-hydrogen) atoms. The summed E-state index contributed by atoms with van der Waals surface area (Å²) in [4.78, 5) is 0. The second-order valence-electron chi connectivity index (χ2n) is 5.92. The highest BCUT2D eigenvalue weighted by molar-refractivity contribution is 7.17. The smallest absolute Gasteiger partial charge is 0.0575 e. The molecule has 3 heteroatoms. The van der Waals surface area contributed by atoms with Crippen LogP contribution in [0.25, 0.3) is 10.1 Å². The third kappa shape index (κ3) is 4.29. The number of benzene rings is 1. The molecule has 0 amide bonds. The van der Waals surface area contributed by atoms with Crippen molar-refractivity contribution in [3.63, 3.8) is 0 Å². The first kappa shape index (κ1) is 15.0. The van der Waals surface area contributed by atoms with Crippen molar-refractivity contribution in [3.8, 4) is 0 Å². The first-order valence-corrected chi connectivity index (χ1v) is 9.09. The Balaban J connectivity index is 1.33. The molecule has 0 radical (unpaired) electrons. The first-order valence-electron chi connectivity index (χ1n) is 8.21. The van der Waals surface area contributed by atoms with Gasteiger partial charge in [0.15, 0.2) is 0 Å². The van der Waals surface area contributed by atoms with E-state index in [9.17, 15) is 0 Å². The summed E-state index contributed by atoms with van der Waals surface area (Å²) in [6.07, 6.45) is 8.30. The fraction of sp³-hybridized carbons (Fsp3) is 0.556. The molecule has 1 aliphatic rings. The normalized spacial score (nSPS) is 16.6. The van der Waals surface area contributed by atoms with E-state index in [0.29, 0.717) is 6.10 Å². The minimum absolute atomic E-state index is 0.541. The highest BCUT2D eigenvalue weighted by Crippen LogP contribution is 2.25. The molecule has 1 aliphatic carbocycles. The molecule has 2 nitrogen and oxygen atoms in total. The zero-order valence-electron chi connectivity index (χ0n) is 12.6. The lowest BCUT2D eigenvalue weighted by Crippen LogP contribution is -2.20. The number of rotatable bonds is 7. The lowest BCUT2D eigenvalue weighted by atomic mass is 9.98. The Morgan fingerprint density at radius 1 is 1.14 bits per heavy atom. The summed E-state index contributed by atoms with van der Waals surface area (Å²) in [5, 5.41) is 7.22. The minimum atomic E-state index is 0.541. The van der Waals surface area contributed by atoms with E-state index in [0.717, 1.165) is 26.1 Å². The van der Waals surface area contributed by atoms with Crippen molar-refractivity contribution < 1.29 is 4.74 Å². The summed E-state index contributed by atoms with van der Waals surface area (Å²) in [6, 6.07) is 8.64. The molecular weight excluding hydrogens is 278 g/mol. The van der Waals surface area contributed by atoms with Crippen molar-refractivity contribution in [2.24, 2.45) is 0 Å². The zero-order chi connectivity index (χ0) is 14.3. The predicted octanol–water partition coefficient (Wildman–Crippen LogP) is 4.73. The van der Waals surface area contributed by atoms with E-state index in [2.05, 4.69) is 35.0 Å². The quantitative estimate of drug-likeness (QED) is 0.747. The van der Waals surface area contributed by atoms with Crippen molar-refractivity contribution in [1.29, 1.82) is 0 Å². The van der Waals surface area contributed by atoms with Crippen LogP contribution in [0.1, 0.15) is 44.1 Å². The Kier molecular flexibility index (Phi) is 5.67. The van der Waals surface area contributed by atoms with Crippen LogP contribution in [-0.2, 0) is 11.3 Å². The summed E-state index contributed by atoms with van der Waals surface area (Å²) in [7, 11) is 0. The van der Waals surface area contributed by atoms with Crippen LogP contribution in [0.4, 0.5) is 0 Å². The van der Waals surface area contributed by atoms with Gasteiger partial charge in [-0.2, -0.15) is 0 Å². The van der Waals surface area contributed by atoms with E-state index in [1.807, 2.05) is 11.3 Å². The summed E-state index contributed by atoms with van der Waals surface area (Å²) >= 11 is 1.84. The van der Waals surface area contributed by atoms with Crippen LogP contribution < -0.4 is 5.32 Å². The second-order valence-corrected chi connectivity index (χ2v) is 6.83. The van der Waals surface area contributed by atoms with Crippen LogP contribution in [0.5, 0.6) is 0 Å². The van der Waals surface area contributed by atoms with Gasteiger partial charge in [-0.15, -0.1) is 11.3 Å². The number of thiophene rings is 1. The van der Waals surface area contributed by atoms with Gasteiger partial charge in [0, 0.05) is 17.9 Å². The van der Waals surface area contributed by atoms with Crippen molar-refractivity contribution in [3.05, 3.63) is 35.2 Å². The van der Waals surface area contributed by atoms with Crippen LogP contribution in [0.15, 0.2) is 29.6 Å². The van der Waals surface area contributed by atoms with Crippen molar-refractivity contribution in [2.45, 2.75) is 51.2 Å². The summed E-state index contributed by atoms with van der Waals surface area (Å²) in [5.41, 5.74) is 1.42. The summed E-state index contributed by atoms with van der Waals surface area (Å²) in [5.74, 6) is 0. The summed E-state index contributed by atoms with van der Waals surface area (Å²) in [6.45, 7) is 2.91. The fourth-order valence-electron chi connectivity index (χ4n) is 3.07. The highest BCUT2D eigenvalue weighted by Gasteiger charge is 2.12. The maximum absolute atomic E-state index is 5.95. The topological polar surface area (TPSA) is 21.3 Å². The van der Waals surface area contributed by atoms with Crippen LogP contribution >= 0.6 is 11.3 Å². The third-order valence-corrected chi connectivity index (χ3v) is 5.29. The number of fused-ring (bicyclic) bond motifs is 1. The van der Waals surface area contributed by atoms with Crippen molar-refractivity contribution >= 4 is 21.4 Å². The molecule has 0 atom stereocenters. The van der Waals surface area contributed by atoms with Gasteiger partial charge in [-0.1, -0.05) is 37.5 Å². The minimum Gasteiger partial charge on any atom is -0.378 e. The van der Waals surface area contributed by atoms with E-state index in [1.165, 1.54) is 47.8 Å². The molecule has 0 spiro atoms. The molecule has 1 saturated carbocycles. The summed E-state index contributed by atoms with van der Waals surface area (Å²) < 4.78 is 7.34. The second kappa shape index (κ2) is 7.92. The lowest BCUT2D eigenvalue weighted by Gasteiger charge is -2.21. The molecule has 0 unspecified atom stereocenters. The van der Waals surface area contributed by atoms with Crippen LogP contribution in [-0.4, -0.2) is 19.3 Å². The first-order chi connectivity index (χ1) is 10.4. The maximum atomic E-state index is 5.95. The van der Waals surface area contributed by atoms with Gasteiger partial charge in [-0.3, -0.25) is 0 Å². The van der Waals surface area contributed by atoms with E-state index < -0.39 is 0 Å². The van der Waals surface area contributed by atoms with Gasteiger partial charge in [-0.05, 0) is 48.2 Å². The Morgan fingerprint density at radius 2 is 2.00 bits per heavy atom. The van der Waals surface area contributed by atoms with Gasteiger partial charge >= 0.3 is 0 Å². The monoisotopic (exact) mass is 303 g/mol. The molecular formula is C18H25NOS. The van der Waals surface area contributed by atoms with Crippen LogP contribution in [0, 0.1) is 0 Å². The van der Waals surface area contributed by atoms with Gasteiger partial charge in [0.25, 0.3) is 0 Å². The third-order valence-electron chi connectivity index (χ3n) is 4.28. The number of hydrogen-bond acceptors (Lipinski definition) is 3. The largest absolute Gasteiger partial charge is 0.378 e. The van der Waals surface area contributed by atoms with E-state index in [-0.39, 0.29) is 0 Å². The SMILES string of the molecule is c1ccc2c(CNCCCOC3CCCCC3)csc2c1. The van der Waals surface area contributed by atoms with E-state index in [4.69, 9.17) is 4.74 Å². The average Bonchev–Trinajstić information content (AvgIpc) is 2.95. The number of nitrogens with one attached hydrogen (secondary N) is 1. The van der Waals surface area contributed by atoms with E-state index in [1.54, 1.807) is 0 Å². The molecule has 0 aliphatic heterocycles. The molecule has 0 bridgehead atoms. The van der Waals surface area contributed by atoms with Gasteiger partial charge in [0.05, 0.1) is 6.10 Å². The standard InChI is InChI=1S/C18H25NOS/c1-2-7-16(8-3-1)20-12-6-11-19-13-15-14-21-18-10-5-4-9-17(15)18/h4-5,9-10,14,16,19H,1-3,6-8,11-13H2. The van der Waals surface area contributed by atoms with Gasteiger partial charge in [0.1, 0.15) is 0 Å². The van der Waals surface area contributed by atoms with Crippen molar-refractivity contribution in [2.75, 3.05) is 13.2 Å². The van der Waals surface area contributed by atoms with Gasteiger partial charge in [-0.25, -0.2) is 0 Å². The molecule has 2 aromatic rings. The predicted molar refractivity (Wildman–Crippen MR) is 91.0 cm³/mol. The Bertz CT molecular complexity index is 545. The Labute approximate surface area is 131 Å². The number of ether oxygens (including phenoxy) is 1. The molecule has 0 saturated heterocycles. The fourth-order valence-corrected chi connectivity index (χ4v) is 4.03.